The van der Waals surface area contributed by atoms with E-state index in [9.17, 15) is 14.4 Å². The normalized spacial score (nSPS) is 13.1. The number of aromatic nitrogens is 2. The van der Waals surface area contributed by atoms with Crippen molar-refractivity contribution in [1.29, 1.82) is 0 Å². The number of rotatable bonds is 12. The van der Waals surface area contributed by atoms with E-state index in [0.717, 1.165) is 24.3 Å². The molecule has 230 valence electrons. The Balaban J connectivity index is 1.18. The van der Waals surface area contributed by atoms with Gasteiger partial charge in [-0.3, -0.25) is 19.0 Å². The van der Waals surface area contributed by atoms with Crippen molar-refractivity contribution < 1.29 is 19.1 Å². The Morgan fingerprint density at radius 2 is 1.64 bits per heavy atom. The van der Waals surface area contributed by atoms with E-state index in [1.54, 1.807) is 32.4 Å². The van der Waals surface area contributed by atoms with Crippen LogP contribution in [0.15, 0.2) is 82.7 Å². The number of amides is 2. The average Bonchev–Trinajstić information content (AvgIpc) is 3.07. The largest absolute Gasteiger partial charge is 0.493 e. The van der Waals surface area contributed by atoms with Gasteiger partial charge in [0.1, 0.15) is 0 Å². The van der Waals surface area contributed by atoms with E-state index in [2.05, 4.69) is 22.3 Å². The Hall–Kier alpha value is -4.51. The predicted octanol–water partition coefficient (Wildman–Crippen LogP) is 3.60. The fraction of sp³-hybridized carbons (Fsp3) is 0.333. The van der Waals surface area contributed by atoms with Crippen molar-refractivity contribution in [3.05, 3.63) is 88.7 Å². The molecule has 4 aromatic rings. The molecular weight excluding hydrogens is 578 g/mol. The Morgan fingerprint density at radius 1 is 0.909 bits per heavy atom. The summed E-state index contributed by atoms with van der Waals surface area (Å²) in [7, 11) is 3.18. The minimum absolute atomic E-state index is 0.00151. The molecule has 0 bridgehead atoms. The molecule has 1 aromatic heterocycles. The highest BCUT2D eigenvalue weighted by atomic mass is 32.2. The number of benzene rings is 3. The molecule has 10 nitrogen and oxygen atoms in total. The summed E-state index contributed by atoms with van der Waals surface area (Å²) < 4.78 is 12.2. The third-order valence-electron chi connectivity index (χ3n) is 7.65. The van der Waals surface area contributed by atoms with Crippen LogP contribution in [0.1, 0.15) is 12.0 Å². The number of hydrogen-bond donors (Lipinski definition) is 1. The Kier molecular flexibility index (Phi) is 10.4. The molecule has 0 aliphatic carbocycles. The third kappa shape index (κ3) is 7.52. The Bertz CT molecular complexity index is 1650. The first-order valence-corrected chi connectivity index (χ1v) is 15.6. The van der Waals surface area contributed by atoms with E-state index in [-0.39, 0.29) is 36.1 Å². The first-order chi connectivity index (χ1) is 21.5. The van der Waals surface area contributed by atoms with Crippen LogP contribution in [0.2, 0.25) is 0 Å². The number of para-hydroxylation sites is 2. The lowest BCUT2D eigenvalue weighted by Gasteiger charge is -2.36. The van der Waals surface area contributed by atoms with Gasteiger partial charge in [0.2, 0.25) is 11.8 Å². The van der Waals surface area contributed by atoms with Crippen LogP contribution >= 0.6 is 11.8 Å². The summed E-state index contributed by atoms with van der Waals surface area (Å²) in [4.78, 5) is 48.2. The molecule has 0 unspecified atom stereocenters. The molecule has 0 spiro atoms. The van der Waals surface area contributed by atoms with Crippen LogP contribution < -0.4 is 25.2 Å². The van der Waals surface area contributed by atoms with Crippen molar-refractivity contribution in [2.45, 2.75) is 24.5 Å². The van der Waals surface area contributed by atoms with E-state index in [4.69, 9.17) is 14.5 Å². The number of anilines is 1. The summed E-state index contributed by atoms with van der Waals surface area (Å²) in [6.07, 6.45) is 0.799. The van der Waals surface area contributed by atoms with Crippen molar-refractivity contribution in [2.75, 3.05) is 57.6 Å². The van der Waals surface area contributed by atoms with Crippen LogP contribution in [0.5, 0.6) is 11.5 Å². The molecule has 1 fully saturated rings. The molecule has 5 rings (SSSR count). The zero-order valence-corrected chi connectivity index (χ0v) is 25.8. The van der Waals surface area contributed by atoms with Crippen LogP contribution in [0.4, 0.5) is 5.69 Å². The molecular formula is C33H37N5O5S. The number of carbonyl (C=O) groups excluding carboxylic acids is 2. The quantitative estimate of drug-likeness (QED) is 0.190. The minimum atomic E-state index is -0.214. The number of carbonyl (C=O) groups is 2. The summed E-state index contributed by atoms with van der Waals surface area (Å²) in [6.45, 7) is 3.41. The maximum Gasteiger partial charge on any atom is 0.262 e. The molecule has 1 saturated heterocycles. The summed E-state index contributed by atoms with van der Waals surface area (Å²) in [6, 6.07) is 23.0. The fourth-order valence-corrected chi connectivity index (χ4v) is 6.09. The van der Waals surface area contributed by atoms with E-state index in [1.807, 2.05) is 47.4 Å². The Labute approximate surface area is 261 Å². The lowest BCUT2D eigenvalue weighted by molar-refractivity contribution is -0.131. The first kappa shape index (κ1) is 30.9. The lowest BCUT2D eigenvalue weighted by Crippen LogP contribution is -2.49. The van der Waals surface area contributed by atoms with Crippen LogP contribution in [0.3, 0.4) is 0 Å². The maximum absolute atomic E-state index is 13.5. The van der Waals surface area contributed by atoms with E-state index in [0.29, 0.717) is 53.6 Å². The standard InChI is InChI=1S/C33H37N5O5S/c1-42-28-13-12-24(22-29(28)43-2)14-16-34-30(39)23-44-33-35-27-11-7-6-10-26(27)32(41)38(33)17-15-31(40)37-20-18-36(19-21-37)25-8-4-3-5-9-25/h3-13,22H,14-21,23H2,1-2H3,(H,34,39). The van der Waals surface area contributed by atoms with Crippen molar-refractivity contribution in [2.24, 2.45) is 0 Å². The number of hydrogen-bond acceptors (Lipinski definition) is 8. The summed E-state index contributed by atoms with van der Waals surface area (Å²) in [5, 5.41) is 3.84. The smallest absolute Gasteiger partial charge is 0.262 e. The molecule has 2 amide bonds. The van der Waals surface area contributed by atoms with Crippen LogP contribution in [0, 0.1) is 0 Å². The summed E-state index contributed by atoms with van der Waals surface area (Å²) in [5.41, 5.74) is 2.51. The fourth-order valence-electron chi connectivity index (χ4n) is 5.24. The van der Waals surface area contributed by atoms with Gasteiger partial charge in [-0.2, -0.15) is 0 Å². The van der Waals surface area contributed by atoms with Crippen molar-refractivity contribution in [3.63, 3.8) is 0 Å². The van der Waals surface area contributed by atoms with Crippen molar-refractivity contribution >= 4 is 40.2 Å². The van der Waals surface area contributed by atoms with Gasteiger partial charge < -0.3 is 24.6 Å². The molecule has 44 heavy (non-hydrogen) atoms. The van der Waals surface area contributed by atoms with Crippen LogP contribution in [-0.4, -0.2) is 79.0 Å². The van der Waals surface area contributed by atoms with Gasteiger partial charge in [-0.05, 0) is 48.4 Å². The monoisotopic (exact) mass is 615 g/mol. The number of ether oxygens (including phenoxy) is 2. The number of fused-ring (bicyclic) bond motifs is 1. The summed E-state index contributed by atoms with van der Waals surface area (Å²) in [5.74, 6) is 1.21. The zero-order valence-electron chi connectivity index (χ0n) is 25.0. The third-order valence-corrected chi connectivity index (χ3v) is 8.62. The molecule has 1 N–H and O–H groups in total. The zero-order chi connectivity index (χ0) is 30.9. The van der Waals surface area contributed by atoms with Crippen LogP contribution in [-0.2, 0) is 22.6 Å². The van der Waals surface area contributed by atoms with Gasteiger partial charge >= 0.3 is 0 Å². The first-order valence-electron chi connectivity index (χ1n) is 14.6. The van der Waals surface area contributed by atoms with Gasteiger partial charge in [-0.1, -0.05) is 48.2 Å². The van der Waals surface area contributed by atoms with Crippen molar-refractivity contribution in [1.82, 2.24) is 19.8 Å². The van der Waals surface area contributed by atoms with Gasteiger partial charge in [0.05, 0.1) is 30.9 Å². The molecule has 0 saturated carbocycles. The van der Waals surface area contributed by atoms with Crippen LogP contribution in [0.25, 0.3) is 10.9 Å². The molecule has 1 aliphatic heterocycles. The number of thioether (sulfide) groups is 1. The van der Waals surface area contributed by atoms with Crippen molar-refractivity contribution in [3.8, 4) is 11.5 Å². The molecule has 1 aliphatic rings. The predicted molar refractivity (Wildman–Crippen MR) is 173 cm³/mol. The van der Waals surface area contributed by atoms with E-state index < -0.39 is 0 Å². The number of methoxy groups -OCH3 is 2. The maximum atomic E-state index is 13.5. The van der Waals surface area contributed by atoms with Gasteiger partial charge in [-0.15, -0.1) is 0 Å². The van der Waals surface area contributed by atoms with Gasteiger partial charge in [0, 0.05) is 51.4 Å². The van der Waals surface area contributed by atoms with Gasteiger partial charge in [0.15, 0.2) is 16.7 Å². The second-order valence-corrected chi connectivity index (χ2v) is 11.3. The second kappa shape index (κ2) is 14.8. The Morgan fingerprint density at radius 3 is 2.39 bits per heavy atom. The number of nitrogens with one attached hydrogen (secondary N) is 1. The molecule has 11 heteroatoms. The topological polar surface area (TPSA) is 106 Å². The number of nitrogens with zero attached hydrogens (tertiary/aromatic N) is 4. The average molecular weight is 616 g/mol. The second-order valence-electron chi connectivity index (χ2n) is 10.4. The number of piperazine rings is 1. The van der Waals surface area contributed by atoms with Gasteiger partial charge in [-0.25, -0.2) is 4.98 Å². The SMILES string of the molecule is COc1ccc(CCNC(=O)CSc2nc3ccccc3c(=O)n2CCC(=O)N2CCN(c3ccccc3)CC2)cc1OC. The molecule has 0 atom stereocenters. The van der Waals surface area contributed by atoms with E-state index in [1.165, 1.54) is 16.3 Å². The lowest BCUT2D eigenvalue weighted by atomic mass is 10.1. The highest BCUT2D eigenvalue weighted by molar-refractivity contribution is 7.99. The van der Waals surface area contributed by atoms with Gasteiger partial charge in [0.25, 0.3) is 5.56 Å². The van der Waals surface area contributed by atoms with E-state index >= 15 is 0 Å². The minimum Gasteiger partial charge on any atom is -0.493 e. The molecule has 0 radical (unpaired) electrons. The highest BCUT2D eigenvalue weighted by Crippen LogP contribution is 2.27. The highest BCUT2D eigenvalue weighted by Gasteiger charge is 2.22. The molecule has 3 aromatic carbocycles. The summed E-state index contributed by atoms with van der Waals surface area (Å²) >= 11 is 1.20. The molecule has 2 heterocycles.